The summed E-state index contributed by atoms with van der Waals surface area (Å²) in [5, 5.41) is 2.63. The smallest absolute Gasteiger partial charge is 0.243 e. The van der Waals surface area contributed by atoms with Gasteiger partial charge in [0.1, 0.15) is 6.04 Å². The number of nitrogens with one attached hydrogen (secondary N) is 1. The molecule has 1 atom stereocenters. The highest BCUT2D eigenvalue weighted by atomic mass is 16.2. The number of likely N-dealkylation sites (tertiary alicyclic amines) is 1. The summed E-state index contributed by atoms with van der Waals surface area (Å²) in [6, 6.07) is 9.02. The molecule has 0 saturated carbocycles. The van der Waals surface area contributed by atoms with Crippen LogP contribution in [0.25, 0.3) is 0 Å². The topological polar surface area (TPSA) is 69.7 Å². The van der Waals surface area contributed by atoms with Crippen LogP contribution in [0.2, 0.25) is 0 Å². The lowest BCUT2D eigenvalue weighted by molar-refractivity contribution is -0.138. The Morgan fingerprint density at radius 3 is 2.57 bits per heavy atom. The SMILES string of the molecule is CN(C)C(=O)CNC(=O)[C@@H]1CCCN1C(=O)Cc1ccccc1. The van der Waals surface area contributed by atoms with Crippen molar-refractivity contribution >= 4 is 17.7 Å². The average molecular weight is 317 g/mol. The Balaban J connectivity index is 1.92. The van der Waals surface area contributed by atoms with E-state index in [1.165, 1.54) is 4.90 Å². The molecule has 0 spiro atoms. The monoisotopic (exact) mass is 317 g/mol. The first-order valence-electron chi connectivity index (χ1n) is 7.80. The molecule has 0 aromatic heterocycles. The summed E-state index contributed by atoms with van der Waals surface area (Å²) in [4.78, 5) is 39.3. The van der Waals surface area contributed by atoms with Gasteiger partial charge in [0.25, 0.3) is 0 Å². The van der Waals surface area contributed by atoms with Gasteiger partial charge in [-0.25, -0.2) is 0 Å². The number of carbonyl (C=O) groups excluding carboxylic acids is 3. The maximum absolute atomic E-state index is 12.4. The molecule has 124 valence electrons. The van der Waals surface area contributed by atoms with Crippen molar-refractivity contribution in [2.45, 2.75) is 25.3 Å². The molecular weight excluding hydrogens is 294 g/mol. The van der Waals surface area contributed by atoms with Crippen LogP contribution in [0.5, 0.6) is 0 Å². The van der Waals surface area contributed by atoms with Crippen molar-refractivity contribution in [2.75, 3.05) is 27.2 Å². The van der Waals surface area contributed by atoms with Crippen molar-refractivity contribution in [1.82, 2.24) is 15.1 Å². The van der Waals surface area contributed by atoms with E-state index in [9.17, 15) is 14.4 Å². The fourth-order valence-corrected chi connectivity index (χ4v) is 2.65. The molecule has 6 nitrogen and oxygen atoms in total. The Kier molecular flexibility index (Phi) is 5.73. The van der Waals surface area contributed by atoms with Gasteiger partial charge in [-0.05, 0) is 18.4 Å². The Labute approximate surface area is 136 Å². The van der Waals surface area contributed by atoms with Crippen LogP contribution < -0.4 is 5.32 Å². The molecule has 1 aliphatic heterocycles. The maximum atomic E-state index is 12.4. The van der Waals surface area contributed by atoms with Gasteiger partial charge < -0.3 is 15.1 Å². The third-order valence-electron chi connectivity index (χ3n) is 3.99. The standard InChI is InChI=1S/C17H23N3O3/c1-19(2)16(22)12-18-17(23)14-9-6-10-20(14)15(21)11-13-7-4-3-5-8-13/h3-5,7-8,14H,6,9-12H2,1-2H3,(H,18,23)/t14-/m0/s1. The summed E-state index contributed by atoms with van der Waals surface area (Å²) in [5.74, 6) is -0.467. The van der Waals surface area contributed by atoms with Crippen LogP contribution in [0.4, 0.5) is 0 Å². The van der Waals surface area contributed by atoms with Crippen LogP contribution in [-0.2, 0) is 20.8 Å². The highest BCUT2D eigenvalue weighted by Crippen LogP contribution is 2.19. The van der Waals surface area contributed by atoms with Gasteiger partial charge in [0, 0.05) is 20.6 Å². The number of benzene rings is 1. The van der Waals surface area contributed by atoms with Gasteiger partial charge in [-0.15, -0.1) is 0 Å². The van der Waals surface area contributed by atoms with E-state index >= 15 is 0 Å². The van der Waals surface area contributed by atoms with E-state index in [1.807, 2.05) is 30.3 Å². The average Bonchev–Trinajstić information content (AvgIpc) is 3.02. The number of carbonyl (C=O) groups is 3. The predicted molar refractivity (Wildman–Crippen MR) is 86.6 cm³/mol. The van der Waals surface area contributed by atoms with Gasteiger partial charge in [-0.1, -0.05) is 30.3 Å². The molecule has 0 bridgehead atoms. The zero-order valence-corrected chi connectivity index (χ0v) is 13.6. The number of hydrogen-bond donors (Lipinski definition) is 1. The molecule has 0 unspecified atom stereocenters. The Hall–Kier alpha value is -2.37. The molecule has 1 saturated heterocycles. The molecule has 0 aliphatic carbocycles. The highest BCUT2D eigenvalue weighted by molar-refractivity contribution is 5.91. The van der Waals surface area contributed by atoms with Gasteiger partial charge >= 0.3 is 0 Å². The lowest BCUT2D eigenvalue weighted by atomic mass is 10.1. The summed E-state index contributed by atoms with van der Waals surface area (Å²) in [6.45, 7) is 0.550. The zero-order chi connectivity index (χ0) is 16.8. The van der Waals surface area contributed by atoms with Crippen LogP contribution >= 0.6 is 0 Å². The summed E-state index contributed by atoms with van der Waals surface area (Å²) >= 11 is 0. The first kappa shape index (κ1) is 17.0. The molecule has 3 amide bonds. The van der Waals surface area contributed by atoms with Gasteiger partial charge in [0.2, 0.25) is 17.7 Å². The second-order valence-corrected chi connectivity index (χ2v) is 5.91. The quantitative estimate of drug-likeness (QED) is 0.856. The minimum atomic E-state index is -0.471. The minimum Gasteiger partial charge on any atom is -0.347 e. The molecule has 1 aromatic rings. The van der Waals surface area contributed by atoms with E-state index < -0.39 is 6.04 Å². The second kappa shape index (κ2) is 7.76. The highest BCUT2D eigenvalue weighted by Gasteiger charge is 2.33. The lowest BCUT2D eigenvalue weighted by Gasteiger charge is -2.24. The van der Waals surface area contributed by atoms with E-state index in [0.29, 0.717) is 19.4 Å². The van der Waals surface area contributed by atoms with Crippen molar-refractivity contribution in [2.24, 2.45) is 0 Å². The fourth-order valence-electron chi connectivity index (χ4n) is 2.65. The zero-order valence-electron chi connectivity index (χ0n) is 13.6. The van der Waals surface area contributed by atoms with Gasteiger partial charge in [0.05, 0.1) is 13.0 Å². The summed E-state index contributed by atoms with van der Waals surface area (Å²) < 4.78 is 0. The van der Waals surface area contributed by atoms with Gasteiger partial charge in [-0.2, -0.15) is 0 Å². The van der Waals surface area contributed by atoms with Crippen LogP contribution in [0.1, 0.15) is 18.4 Å². The Morgan fingerprint density at radius 2 is 1.91 bits per heavy atom. The first-order chi connectivity index (χ1) is 11.0. The third kappa shape index (κ3) is 4.55. The van der Waals surface area contributed by atoms with Crippen molar-refractivity contribution in [3.8, 4) is 0 Å². The number of likely N-dealkylation sites (N-methyl/N-ethyl adjacent to an activating group) is 1. The summed E-state index contributed by atoms with van der Waals surface area (Å²) in [6.07, 6.45) is 1.74. The van der Waals surface area contributed by atoms with Crippen molar-refractivity contribution in [1.29, 1.82) is 0 Å². The number of rotatable bonds is 5. The minimum absolute atomic E-state index is 0.0386. The summed E-state index contributed by atoms with van der Waals surface area (Å²) in [5.41, 5.74) is 0.936. The number of hydrogen-bond acceptors (Lipinski definition) is 3. The Bertz CT molecular complexity index is 572. The molecule has 1 aromatic carbocycles. The van der Waals surface area contributed by atoms with Crippen LogP contribution in [0.3, 0.4) is 0 Å². The Morgan fingerprint density at radius 1 is 1.22 bits per heavy atom. The molecule has 6 heteroatoms. The van der Waals surface area contributed by atoms with E-state index in [0.717, 1.165) is 12.0 Å². The molecule has 2 rings (SSSR count). The number of amides is 3. The molecule has 1 aliphatic rings. The molecule has 1 N–H and O–H groups in total. The molecule has 23 heavy (non-hydrogen) atoms. The van der Waals surface area contributed by atoms with Gasteiger partial charge in [-0.3, -0.25) is 14.4 Å². The van der Waals surface area contributed by atoms with E-state index in [1.54, 1.807) is 19.0 Å². The van der Waals surface area contributed by atoms with E-state index in [-0.39, 0.29) is 24.3 Å². The predicted octanol–water partition coefficient (Wildman–Crippen LogP) is 0.425. The van der Waals surface area contributed by atoms with Crippen LogP contribution in [0, 0.1) is 0 Å². The molecule has 1 heterocycles. The molecular formula is C17H23N3O3. The molecule has 0 radical (unpaired) electrons. The molecule has 1 fully saturated rings. The van der Waals surface area contributed by atoms with Gasteiger partial charge in [0.15, 0.2) is 0 Å². The van der Waals surface area contributed by atoms with Crippen molar-refractivity contribution in [3.05, 3.63) is 35.9 Å². The second-order valence-electron chi connectivity index (χ2n) is 5.91. The number of nitrogens with zero attached hydrogens (tertiary/aromatic N) is 2. The lowest BCUT2D eigenvalue weighted by Crippen LogP contribution is -2.48. The first-order valence-corrected chi connectivity index (χ1v) is 7.80. The largest absolute Gasteiger partial charge is 0.347 e. The summed E-state index contributed by atoms with van der Waals surface area (Å²) in [7, 11) is 3.28. The maximum Gasteiger partial charge on any atom is 0.243 e. The van der Waals surface area contributed by atoms with Crippen LogP contribution in [0.15, 0.2) is 30.3 Å². The van der Waals surface area contributed by atoms with Crippen molar-refractivity contribution in [3.63, 3.8) is 0 Å². The normalized spacial score (nSPS) is 17.0. The van der Waals surface area contributed by atoms with E-state index in [2.05, 4.69) is 5.32 Å². The third-order valence-corrected chi connectivity index (χ3v) is 3.99. The van der Waals surface area contributed by atoms with Crippen LogP contribution in [-0.4, -0.2) is 60.7 Å². The fraction of sp³-hybridized carbons (Fsp3) is 0.471. The van der Waals surface area contributed by atoms with E-state index in [4.69, 9.17) is 0 Å². The van der Waals surface area contributed by atoms with Crippen molar-refractivity contribution < 1.29 is 14.4 Å².